The molecule has 166 valence electrons. The molecule has 1 amide bonds. The molecule has 5 nitrogen and oxygen atoms in total. The van der Waals surface area contributed by atoms with Crippen LogP contribution in [0.5, 0.6) is 0 Å². The fourth-order valence-electron chi connectivity index (χ4n) is 4.67. The van der Waals surface area contributed by atoms with Crippen LogP contribution in [-0.2, 0) is 17.4 Å². The maximum absolute atomic E-state index is 13.3. The largest absolute Gasteiger partial charge is 0.416 e. The van der Waals surface area contributed by atoms with Gasteiger partial charge in [-0.3, -0.25) is 4.79 Å². The third-order valence-electron chi connectivity index (χ3n) is 6.16. The summed E-state index contributed by atoms with van der Waals surface area (Å²) in [5.41, 5.74) is 1.92. The summed E-state index contributed by atoms with van der Waals surface area (Å²) in [7, 11) is 0. The second-order valence-corrected chi connectivity index (χ2v) is 8.02. The van der Waals surface area contributed by atoms with Crippen molar-refractivity contribution in [3.63, 3.8) is 0 Å². The Morgan fingerprint density at radius 1 is 1.22 bits per heavy atom. The number of fused-ring (bicyclic) bond motifs is 3. The SMILES string of the molecule is C=CCNC(=O)C1Cc2cc(C(F)(F)F)ccc2N2CCN(c3ccccc3C#N)CC12. The minimum absolute atomic E-state index is 0.210. The van der Waals surface area contributed by atoms with Crippen LogP contribution in [0.4, 0.5) is 24.5 Å². The Labute approximate surface area is 184 Å². The van der Waals surface area contributed by atoms with Crippen molar-refractivity contribution in [2.75, 3.05) is 36.0 Å². The van der Waals surface area contributed by atoms with E-state index in [1.165, 1.54) is 6.07 Å². The molecule has 2 aromatic rings. The second kappa shape index (κ2) is 8.58. The van der Waals surface area contributed by atoms with Gasteiger partial charge in [-0.05, 0) is 42.3 Å². The van der Waals surface area contributed by atoms with Gasteiger partial charge in [0.2, 0.25) is 5.91 Å². The molecule has 0 spiro atoms. The first-order chi connectivity index (χ1) is 15.3. The van der Waals surface area contributed by atoms with Gasteiger partial charge in [0.1, 0.15) is 6.07 Å². The molecule has 1 saturated heterocycles. The highest BCUT2D eigenvalue weighted by Crippen LogP contribution is 2.40. The molecule has 0 aromatic heterocycles. The zero-order chi connectivity index (χ0) is 22.9. The average Bonchev–Trinajstić information content (AvgIpc) is 2.80. The highest BCUT2D eigenvalue weighted by molar-refractivity contribution is 5.82. The van der Waals surface area contributed by atoms with Crippen LogP contribution in [-0.4, -0.2) is 38.1 Å². The number of halogens is 3. The molecule has 2 heterocycles. The number of nitrogens with zero attached hydrogens (tertiary/aromatic N) is 3. The molecule has 0 radical (unpaired) electrons. The van der Waals surface area contributed by atoms with E-state index in [-0.39, 0.29) is 18.4 Å². The van der Waals surface area contributed by atoms with E-state index in [9.17, 15) is 23.2 Å². The molecule has 0 aliphatic carbocycles. The minimum Gasteiger partial charge on any atom is -0.367 e. The number of piperazine rings is 1. The maximum atomic E-state index is 13.3. The van der Waals surface area contributed by atoms with E-state index in [1.54, 1.807) is 18.2 Å². The Morgan fingerprint density at radius 2 is 2.00 bits per heavy atom. The Kier molecular flexibility index (Phi) is 5.83. The average molecular weight is 440 g/mol. The number of para-hydroxylation sites is 1. The van der Waals surface area contributed by atoms with Gasteiger partial charge in [-0.25, -0.2) is 0 Å². The minimum atomic E-state index is -4.44. The van der Waals surface area contributed by atoms with Crippen molar-refractivity contribution in [2.45, 2.75) is 18.6 Å². The Hall–Kier alpha value is -3.47. The van der Waals surface area contributed by atoms with Gasteiger partial charge in [0, 0.05) is 31.9 Å². The van der Waals surface area contributed by atoms with Crippen molar-refractivity contribution in [3.8, 4) is 6.07 Å². The van der Waals surface area contributed by atoms with Crippen molar-refractivity contribution >= 4 is 17.3 Å². The van der Waals surface area contributed by atoms with E-state index in [1.807, 2.05) is 17.0 Å². The molecule has 1 N–H and O–H groups in total. The molecular weight excluding hydrogens is 417 g/mol. The van der Waals surface area contributed by atoms with Gasteiger partial charge >= 0.3 is 6.18 Å². The number of hydrogen-bond acceptors (Lipinski definition) is 4. The fraction of sp³-hybridized carbons (Fsp3) is 0.333. The van der Waals surface area contributed by atoms with E-state index in [0.29, 0.717) is 37.3 Å². The smallest absolute Gasteiger partial charge is 0.367 e. The van der Waals surface area contributed by atoms with Gasteiger partial charge in [0.05, 0.1) is 28.8 Å². The van der Waals surface area contributed by atoms with Crippen LogP contribution in [0.3, 0.4) is 0 Å². The zero-order valence-electron chi connectivity index (χ0n) is 17.4. The summed E-state index contributed by atoms with van der Waals surface area (Å²) in [6, 6.07) is 13.1. The van der Waals surface area contributed by atoms with Crippen LogP contribution < -0.4 is 15.1 Å². The first-order valence-corrected chi connectivity index (χ1v) is 10.4. The van der Waals surface area contributed by atoms with Crippen LogP contribution in [0.1, 0.15) is 16.7 Å². The molecule has 2 aliphatic rings. The lowest BCUT2D eigenvalue weighted by molar-refractivity contribution is -0.137. The van der Waals surface area contributed by atoms with Crippen molar-refractivity contribution in [3.05, 3.63) is 71.8 Å². The number of nitriles is 1. The number of anilines is 2. The zero-order valence-corrected chi connectivity index (χ0v) is 17.4. The molecule has 2 atom stereocenters. The first kappa shape index (κ1) is 21.8. The summed E-state index contributed by atoms with van der Waals surface area (Å²) >= 11 is 0. The highest BCUT2D eigenvalue weighted by atomic mass is 19.4. The lowest BCUT2D eigenvalue weighted by Gasteiger charge is -2.49. The van der Waals surface area contributed by atoms with Crippen molar-refractivity contribution in [1.29, 1.82) is 5.26 Å². The molecule has 8 heteroatoms. The lowest BCUT2D eigenvalue weighted by atomic mass is 9.82. The summed E-state index contributed by atoms with van der Waals surface area (Å²) in [5.74, 6) is -0.735. The number of hydrogen-bond donors (Lipinski definition) is 1. The Balaban J connectivity index is 1.70. The molecule has 0 saturated carbocycles. The number of rotatable bonds is 4. The first-order valence-electron chi connectivity index (χ1n) is 10.4. The summed E-state index contributed by atoms with van der Waals surface area (Å²) in [6.07, 6.45) is -2.64. The summed E-state index contributed by atoms with van der Waals surface area (Å²) in [5, 5.41) is 12.3. The number of amides is 1. The molecule has 1 fully saturated rings. The highest BCUT2D eigenvalue weighted by Gasteiger charge is 2.43. The van der Waals surface area contributed by atoms with Crippen LogP contribution in [0.15, 0.2) is 55.1 Å². The number of benzene rings is 2. The van der Waals surface area contributed by atoms with Gasteiger partial charge in [-0.2, -0.15) is 18.4 Å². The second-order valence-electron chi connectivity index (χ2n) is 8.02. The van der Waals surface area contributed by atoms with Crippen LogP contribution in [0, 0.1) is 17.2 Å². The molecule has 2 aliphatic heterocycles. The molecule has 4 rings (SSSR count). The normalized spacial score (nSPS) is 20.1. The van der Waals surface area contributed by atoms with Crippen LogP contribution in [0.25, 0.3) is 0 Å². The number of nitrogens with one attached hydrogen (secondary N) is 1. The standard InChI is InChI=1S/C24H23F3N4O/c1-2-9-29-23(32)19-13-17-12-18(24(25,26)27)7-8-21(17)31-11-10-30(15-22(19)31)20-6-4-3-5-16(20)14-28/h2-8,12,19,22H,1,9-11,13,15H2,(H,29,32). The number of carbonyl (C=O) groups is 1. The van der Waals surface area contributed by atoms with E-state index in [4.69, 9.17) is 0 Å². The molecule has 2 unspecified atom stereocenters. The lowest BCUT2D eigenvalue weighted by Crippen LogP contribution is -2.61. The molecule has 32 heavy (non-hydrogen) atoms. The van der Waals surface area contributed by atoms with Crippen molar-refractivity contribution in [2.24, 2.45) is 5.92 Å². The summed E-state index contributed by atoms with van der Waals surface area (Å²) in [4.78, 5) is 17.1. The fourth-order valence-corrected chi connectivity index (χ4v) is 4.67. The van der Waals surface area contributed by atoms with Gasteiger partial charge in [0.25, 0.3) is 0 Å². The number of carbonyl (C=O) groups excluding carboxylic acids is 1. The monoisotopic (exact) mass is 440 g/mol. The van der Waals surface area contributed by atoms with Crippen LogP contribution >= 0.6 is 0 Å². The van der Waals surface area contributed by atoms with Crippen LogP contribution in [0.2, 0.25) is 0 Å². The molecular formula is C24H23F3N4O. The molecule has 2 aromatic carbocycles. The molecule has 0 bridgehead atoms. The van der Waals surface area contributed by atoms with E-state index >= 15 is 0 Å². The number of alkyl halides is 3. The maximum Gasteiger partial charge on any atom is 0.416 e. The summed E-state index contributed by atoms with van der Waals surface area (Å²) < 4.78 is 39.9. The van der Waals surface area contributed by atoms with Gasteiger partial charge < -0.3 is 15.1 Å². The van der Waals surface area contributed by atoms with Crippen molar-refractivity contribution in [1.82, 2.24) is 5.32 Å². The van der Waals surface area contributed by atoms with E-state index in [2.05, 4.69) is 22.9 Å². The topological polar surface area (TPSA) is 59.4 Å². The quantitative estimate of drug-likeness (QED) is 0.736. The Morgan fingerprint density at radius 3 is 2.72 bits per heavy atom. The summed E-state index contributed by atoms with van der Waals surface area (Å²) in [6.45, 7) is 5.53. The van der Waals surface area contributed by atoms with Gasteiger partial charge in [-0.1, -0.05) is 18.2 Å². The predicted molar refractivity (Wildman–Crippen MR) is 116 cm³/mol. The van der Waals surface area contributed by atoms with Crippen molar-refractivity contribution < 1.29 is 18.0 Å². The predicted octanol–water partition coefficient (Wildman–Crippen LogP) is 3.75. The van der Waals surface area contributed by atoms with Gasteiger partial charge in [0.15, 0.2) is 0 Å². The van der Waals surface area contributed by atoms with E-state index < -0.39 is 17.7 Å². The Bertz CT molecular complexity index is 1080. The van der Waals surface area contributed by atoms with Gasteiger partial charge in [-0.15, -0.1) is 6.58 Å². The third kappa shape index (κ3) is 4.03. The third-order valence-corrected chi connectivity index (χ3v) is 6.16. The van der Waals surface area contributed by atoms with E-state index in [0.717, 1.165) is 23.5 Å².